The molecule has 0 saturated carbocycles. The fourth-order valence-electron chi connectivity index (χ4n) is 3.37. The van der Waals surface area contributed by atoms with Crippen LogP contribution in [0.5, 0.6) is 11.5 Å². The third-order valence-electron chi connectivity index (χ3n) is 5.06. The highest BCUT2D eigenvalue weighted by molar-refractivity contribution is 7.89. The minimum Gasteiger partial charge on any atom is -0.507 e. The molecule has 2 amide bonds. The van der Waals surface area contributed by atoms with Crippen molar-refractivity contribution in [1.82, 2.24) is 15.2 Å². The average molecular weight is 448 g/mol. The van der Waals surface area contributed by atoms with Crippen LogP contribution in [0.1, 0.15) is 46.4 Å². The molecule has 3 rings (SSSR count). The number of hydrogen-bond donors (Lipinski definition) is 3. The number of carbonyl (C=O) groups is 2. The summed E-state index contributed by atoms with van der Waals surface area (Å²) in [5.41, 5.74) is 4.37. The molecule has 166 valence electrons. The van der Waals surface area contributed by atoms with E-state index in [4.69, 9.17) is 4.74 Å². The van der Waals surface area contributed by atoms with Gasteiger partial charge >= 0.3 is 0 Å². The summed E-state index contributed by atoms with van der Waals surface area (Å²) in [6.07, 6.45) is 3.56. The first-order chi connectivity index (χ1) is 14.8. The Hall–Kier alpha value is -3.11. The SMILES string of the molecule is COc1ccc(S(=O)(=O)N2CCCCCC2)cc1C(=O)NNC(=O)c1ccccc1O. The summed E-state index contributed by atoms with van der Waals surface area (Å²) < 4.78 is 32.7. The van der Waals surface area contributed by atoms with Crippen molar-refractivity contribution >= 4 is 21.8 Å². The lowest BCUT2D eigenvalue weighted by molar-refractivity contribution is 0.0843. The van der Waals surface area contributed by atoms with E-state index in [1.807, 2.05) is 0 Å². The smallest absolute Gasteiger partial charge is 0.273 e. The molecule has 2 aromatic carbocycles. The van der Waals surface area contributed by atoms with Crippen molar-refractivity contribution in [1.29, 1.82) is 0 Å². The number of sulfonamides is 1. The Labute approximate surface area is 181 Å². The van der Waals surface area contributed by atoms with Crippen LogP contribution in [-0.2, 0) is 10.0 Å². The summed E-state index contributed by atoms with van der Waals surface area (Å²) in [6, 6.07) is 9.91. The van der Waals surface area contributed by atoms with Crippen LogP contribution >= 0.6 is 0 Å². The maximum Gasteiger partial charge on any atom is 0.273 e. The third kappa shape index (κ3) is 5.15. The van der Waals surface area contributed by atoms with Crippen molar-refractivity contribution in [2.75, 3.05) is 20.2 Å². The lowest BCUT2D eigenvalue weighted by atomic mass is 10.2. The number of benzene rings is 2. The average Bonchev–Trinajstić information content (AvgIpc) is 3.07. The first-order valence-corrected chi connectivity index (χ1v) is 11.4. The molecule has 2 aromatic rings. The molecule has 0 unspecified atom stereocenters. The second kappa shape index (κ2) is 9.80. The van der Waals surface area contributed by atoms with Crippen molar-refractivity contribution in [3.8, 4) is 11.5 Å². The molecule has 1 heterocycles. The Kier molecular flexibility index (Phi) is 7.13. The molecular formula is C21H25N3O6S. The van der Waals surface area contributed by atoms with Crippen LogP contribution in [0.2, 0.25) is 0 Å². The van der Waals surface area contributed by atoms with Crippen molar-refractivity contribution in [3.63, 3.8) is 0 Å². The van der Waals surface area contributed by atoms with Gasteiger partial charge in [0.05, 0.1) is 23.1 Å². The number of phenols is 1. The molecule has 1 fully saturated rings. The van der Waals surface area contributed by atoms with Gasteiger partial charge in [-0.2, -0.15) is 4.31 Å². The largest absolute Gasteiger partial charge is 0.507 e. The molecule has 0 spiro atoms. The Morgan fingerprint density at radius 1 is 0.935 bits per heavy atom. The van der Waals surface area contributed by atoms with Gasteiger partial charge in [-0.1, -0.05) is 25.0 Å². The minimum absolute atomic E-state index is 0.0209. The highest BCUT2D eigenvalue weighted by atomic mass is 32.2. The molecule has 0 aliphatic carbocycles. The van der Waals surface area contributed by atoms with Crippen LogP contribution in [0.4, 0.5) is 0 Å². The molecule has 0 radical (unpaired) electrons. The molecule has 9 nitrogen and oxygen atoms in total. The molecule has 1 saturated heterocycles. The standard InChI is InChI=1S/C21H25N3O6S/c1-30-19-11-10-15(31(28,29)24-12-6-2-3-7-13-24)14-17(19)21(27)23-22-20(26)16-8-4-5-9-18(16)25/h4-5,8-11,14,25H,2-3,6-7,12-13H2,1H3,(H,22,26)(H,23,27). The molecule has 0 bridgehead atoms. The molecule has 31 heavy (non-hydrogen) atoms. The van der Waals surface area contributed by atoms with Crippen LogP contribution in [-0.4, -0.2) is 49.8 Å². The highest BCUT2D eigenvalue weighted by Crippen LogP contribution is 2.26. The Balaban J connectivity index is 1.80. The van der Waals surface area contributed by atoms with Gasteiger partial charge in [0.25, 0.3) is 11.8 Å². The molecule has 10 heteroatoms. The predicted octanol–water partition coefficient (Wildman–Crippen LogP) is 2.04. The van der Waals surface area contributed by atoms with Gasteiger partial charge in [-0.25, -0.2) is 8.42 Å². The Morgan fingerprint density at radius 2 is 1.55 bits per heavy atom. The van der Waals surface area contributed by atoms with Crippen LogP contribution in [0.25, 0.3) is 0 Å². The first kappa shape index (κ1) is 22.6. The second-order valence-electron chi connectivity index (χ2n) is 7.11. The number of hydrazine groups is 1. The molecule has 1 aliphatic rings. The fraction of sp³-hybridized carbons (Fsp3) is 0.333. The Bertz CT molecular complexity index is 1060. The number of phenolic OH excluding ortho intramolecular Hbond substituents is 1. The lowest BCUT2D eigenvalue weighted by Gasteiger charge is -2.20. The highest BCUT2D eigenvalue weighted by Gasteiger charge is 2.27. The summed E-state index contributed by atoms with van der Waals surface area (Å²) in [7, 11) is -2.41. The van der Waals surface area contributed by atoms with E-state index in [2.05, 4.69) is 10.9 Å². The van der Waals surface area contributed by atoms with Crippen molar-refractivity contribution < 1.29 is 27.9 Å². The van der Waals surface area contributed by atoms with E-state index in [1.165, 1.54) is 41.7 Å². The van der Waals surface area contributed by atoms with Gasteiger partial charge < -0.3 is 9.84 Å². The summed E-state index contributed by atoms with van der Waals surface area (Å²) in [6.45, 7) is 0.874. The van der Waals surface area contributed by atoms with Crippen LogP contribution < -0.4 is 15.6 Å². The van der Waals surface area contributed by atoms with Gasteiger partial charge in [-0.15, -0.1) is 0 Å². The number of carbonyl (C=O) groups excluding carboxylic acids is 2. The predicted molar refractivity (Wildman–Crippen MR) is 113 cm³/mol. The number of ether oxygens (including phenoxy) is 1. The van der Waals surface area contributed by atoms with E-state index >= 15 is 0 Å². The van der Waals surface area contributed by atoms with Gasteiger partial charge in [0.1, 0.15) is 11.5 Å². The number of nitrogens with one attached hydrogen (secondary N) is 2. The first-order valence-electron chi connectivity index (χ1n) is 9.91. The van der Waals surface area contributed by atoms with Gasteiger partial charge in [0, 0.05) is 13.1 Å². The maximum absolute atomic E-state index is 13.1. The Morgan fingerprint density at radius 3 is 2.16 bits per heavy atom. The lowest BCUT2D eigenvalue weighted by Crippen LogP contribution is -2.41. The van der Waals surface area contributed by atoms with Gasteiger partial charge in [-0.05, 0) is 43.2 Å². The fourth-order valence-corrected chi connectivity index (χ4v) is 4.91. The van der Waals surface area contributed by atoms with Crippen molar-refractivity contribution in [3.05, 3.63) is 53.6 Å². The molecule has 0 aromatic heterocycles. The number of nitrogens with zero attached hydrogens (tertiary/aromatic N) is 1. The van der Waals surface area contributed by atoms with E-state index in [1.54, 1.807) is 12.1 Å². The topological polar surface area (TPSA) is 125 Å². The third-order valence-corrected chi connectivity index (χ3v) is 6.95. The van der Waals surface area contributed by atoms with Gasteiger partial charge in [0.2, 0.25) is 10.0 Å². The van der Waals surface area contributed by atoms with Crippen molar-refractivity contribution in [2.24, 2.45) is 0 Å². The minimum atomic E-state index is -3.77. The van der Waals surface area contributed by atoms with Crippen LogP contribution in [0.3, 0.4) is 0 Å². The zero-order chi connectivity index (χ0) is 22.4. The second-order valence-corrected chi connectivity index (χ2v) is 9.04. The molecule has 0 atom stereocenters. The number of rotatable bonds is 5. The van der Waals surface area contributed by atoms with E-state index < -0.39 is 21.8 Å². The van der Waals surface area contributed by atoms with Crippen LogP contribution in [0.15, 0.2) is 47.4 Å². The summed E-state index contributed by atoms with van der Waals surface area (Å²) in [4.78, 5) is 24.9. The van der Waals surface area contributed by atoms with Crippen molar-refractivity contribution in [2.45, 2.75) is 30.6 Å². The van der Waals surface area contributed by atoms with E-state index in [0.717, 1.165) is 25.7 Å². The zero-order valence-electron chi connectivity index (χ0n) is 17.1. The summed E-state index contributed by atoms with van der Waals surface area (Å²) >= 11 is 0. The number of aromatic hydroxyl groups is 1. The zero-order valence-corrected chi connectivity index (χ0v) is 17.9. The van der Waals surface area contributed by atoms with E-state index in [9.17, 15) is 23.1 Å². The molecule has 3 N–H and O–H groups in total. The summed E-state index contributed by atoms with van der Waals surface area (Å²) in [5, 5.41) is 9.75. The number of hydrogen-bond acceptors (Lipinski definition) is 6. The maximum atomic E-state index is 13.1. The van der Waals surface area contributed by atoms with Gasteiger partial charge in [0.15, 0.2) is 0 Å². The van der Waals surface area contributed by atoms with E-state index in [-0.39, 0.29) is 27.5 Å². The summed E-state index contributed by atoms with van der Waals surface area (Å²) in [5.74, 6) is -1.56. The normalized spacial score (nSPS) is 15.0. The molecular weight excluding hydrogens is 422 g/mol. The van der Waals surface area contributed by atoms with Gasteiger partial charge in [-0.3, -0.25) is 20.4 Å². The van der Waals surface area contributed by atoms with E-state index in [0.29, 0.717) is 13.1 Å². The molecule has 1 aliphatic heterocycles. The van der Waals surface area contributed by atoms with Crippen LogP contribution in [0, 0.1) is 0 Å². The number of para-hydroxylation sites is 1. The monoisotopic (exact) mass is 447 g/mol. The number of methoxy groups -OCH3 is 1. The number of amides is 2. The quantitative estimate of drug-likeness (QED) is 0.603.